The minimum absolute atomic E-state index is 0.0472. The van der Waals surface area contributed by atoms with E-state index in [2.05, 4.69) is 10.6 Å². The molecule has 14 nitrogen and oxygen atoms in total. The number of carbonyl (C=O) groups is 6. The van der Waals surface area contributed by atoms with Crippen LogP contribution in [-0.4, -0.2) is 91.7 Å². The van der Waals surface area contributed by atoms with Crippen LogP contribution in [0, 0.1) is 0 Å². The number of carboxylic acids is 3. The van der Waals surface area contributed by atoms with Gasteiger partial charge in [0, 0.05) is 13.0 Å². The highest BCUT2D eigenvalue weighted by Gasteiger charge is 2.38. The summed E-state index contributed by atoms with van der Waals surface area (Å²) < 4.78 is 0. The van der Waals surface area contributed by atoms with Crippen LogP contribution in [0.3, 0.4) is 0 Å². The number of nitrogens with two attached hydrogens (primary N) is 1. The summed E-state index contributed by atoms with van der Waals surface area (Å²) >= 11 is 0. The van der Waals surface area contributed by atoms with E-state index in [-0.39, 0.29) is 25.1 Å². The minimum Gasteiger partial charge on any atom is -0.508 e. The van der Waals surface area contributed by atoms with Gasteiger partial charge in [0.25, 0.3) is 0 Å². The van der Waals surface area contributed by atoms with E-state index in [1.807, 2.05) is 0 Å². The number of aromatic hydroxyl groups is 1. The Morgan fingerprint density at radius 3 is 2.11 bits per heavy atom. The molecule has 0 bridgehead atoms. The number of nitrogens with one attached hydrogen (secondary N) is 2. The van der Waals surface area contributed by atoms with E-state index in [9.17, 15) is 39.0 Å². The number of amides is 3. The average molecular weight is 508 g/mol. The van der Waals surface area contributed by atoms with Crippen molar-refractivity contribution < 1.29 is 49.2 Å². The number of aliphatic carboxylic acids is 3. The van der Waals surface area contributed by atoms with Gasteiger partial charge in [0.15, 0.2) is 0 Å². The molecule has 14 heteroatoms. The van der Waals surface area contributed by atoms with Crippen molar-refractivity contribution in [2.24, 2.45) is 5.73 Å². The topological polar surface area (TPSA) is 237 Å². The van der Waals surface area contributed by atoms with Crippen molar-refractivity contribution in [3.8, 4) is 5.75 Å². The van der Waals surface area contributed by atoms with Gasteiger partial charge in [0.2, 0.25) is 17.7 Å². The summed E-state index contributed by atoms with van der Waals surface area (Å²) in [5.41, 5.74) is 6.14. The molecule has 4 atom stereocenters. The monoisotopic (exact) mass is 508 g/mol. The molecule has 1 saturated heterocycles. The molecule has 2 rings (SSSR count). The largest absolute Gasteiger partial charge is 0.508 e. The molecule has 4 unspecified atom stereocenters. The highest BCUT2D eigenvalue weighted by atomic mass is 16.4. The van der Waals surface area contributed by atoms with Crippen LogP contribution in [-0.2, 0) is 35.2 Å². The molecule has 3 amide bonds. The molecule has 36 heavy (non-hydrogen) atoms. The molecule has 0 radical (unpaired) electrons. The number of phenolic OH excluding ortho intramolecular Hbond substituents is 1. The third kappa shape index (κ3) is 7.94. The first-order chi connectivity index (χ1) is 16.9. The van der Waals surface area contributed by atoms with Crippen molar-refractivity contribution in [1.82, 2.24) is 15.5 Å². The predicted octanol–water partition coefficient (Wildman–Crippen LogP) is -1.74. The Hall–Kier alpha value is -4.20. The third-order valence-electron chi connectivity index (χ3n) is 5.55. The van der Waals surface area contributed by atoms with Crippen LogP contribution >= 0.6 is 0 Å². The molecular formula is C22H28N4O10. The SMILES string of the molecule is NC(CC(=O)O)C(=O)N1CCCC1C(=O)NC(Cc1ccc(O)cc1)C(=O)NC(CC(=O)O)C(=O)O. The van der Waals surface area contributed by atoms with E-state index in [0.29, 0.717) is 12.0 Å². The standard InChI is InChI=1S/C22H28N4O10/c23-13(9-17(28)29)21(34)26-7-1-2-16(26)20(33)24-14(8-11-3-5-12(27)6-4-11)19(32)25-15(22(35)36)10-18(30)31/h3-6,13-16,27H,1-2,7-10,23H2,(H,24,33)(H,25,32)(H,28,29)(H,30,31)(H,35,36). The lowest BCUT2D eigenvalue weighted by molar-refractivity contribution is -0.147. The van der Waals surface area contributed by atoms with Gasteiger partial charge in [-0.3, -0.25) is 24.0 Å². The number of carbonyl (C=O) groups excluding carboxylic acids is 3. The van der Waals surface area contributed by atoms with Crippen LogP contribution in [0.1, 0.15) is 31.2 Å². The fraction of sp³-hybridized carbons (Fsp3) is 0.455. The number of hydrogen-bond acceptors (Lipinski definition) is 8. The Balaban J connectivity index is 2.22. The lowest BCUT2D eigenvalue weighted by Crippen LogP contribution is -2.57. The molecule has 0 spiro atoms. The van der Waals surface area contributed by atoms with E-state index < -0.39 is 72.6 Å². The maximum Gasteiger partial charge on any atom is 0.326 e. The molecule has 196 valence electrons. The van der Waals surface area contributed by atoms with Crippen LogP contribution in [0.2, 0.25) is 0 Å². The number of rotatable bonds is 12. The Morgan fingerprint density at radius 1 is 0.944 bits per heavy atom. The summed E-state index contributed by atoms with van der Waals surface area (Å²) in [6, 6.07) is 0.126. The van der Waals surface area contributed by atoms with E-state index >= 15 is 0 Å². The lowest BCUT2D eigenvalue weighted by Gasteiger charge is -2.28. The van der Waals surface area contributed by atoms with Gasteiger partial charge in [-0.05, 0) is 30.5 Å². The summed E-state index contributed by atoms with van der Waals surface area (Å²) in [6.07, 6.45) is -1.01. The molecule has 0 saturated carbocycles. The second-order valence-electron chi connectivity index (χ2n) is 8.32. The summed E-state index contributed by atoms with van der Waals surface area (Å²) in [4.78, 5) is 73.0. The number of phenols is 1. The Morgan fingerprint density at radius 2 is 1.56 bits per heavy atom. The predicted molar refractivity (Wildman–Crippen MR) is 121 cm³/mol. The van der Waals surface area contributed by atoms with Crippen molar-refractivity contribution in [1.29, 1.82) is 0 Å². The molecule has 1 heterocycles. The number of nitrogens with zero attached hydrogens (tertiary/aromatic N) is 1. The smallest absolute Gasteiger partial charge is 0.326 e. The molecule has 0 aromatic heterocycles. The molecule has 1 aromatic rings. The molecule has 8 N–H and O–H groups in total. The Kier molecular flexibility index (Phi) is 9.73. The van der Waals surface area contributed by atoms with Gasteiger partial charge in [-0.15, -0.1) is 0 Å². The van der Waals surface area contributed by atoms with Crippen molar-refractivity contribution in [2.45, 2.75) is 56.3 Å². The van der Waals surface area contributed by atoms with Gasteiger partial charge in [0.05, 0.1) is 18.9 Å². The van der Waals surface area contributed by atoms with Crippen LogP contribution < -0.4 is 16.4 Å². The number of likely N-dealkylation sites (tertiary alicyclic amines) is 1. The highest BCUT2D eigenvalue weighted by Crippen LogP contribution is 2.20. The first-order valence-electron chi connectivity index (χ1n) is 11.0. The van der Waals surface area contributed by atoms with Gasteiger partial charge in [-0.1, -0.05) is 12.1 Å². The lowest BCUT2D eigenvalue weighted by atomic mass is 10.0. The summed E-state index contributed by atoms with van der Waals surface area (Å²) in [6.45, 7) is 0.152. The minimum atomic E-state index is -1.76. The van der Waals surface area contributed by atoms with Crippen molar-refractivity contribution in [3.63, 3.8) is 0 Å². The second-order valence-corrected chi connectivity index (χ2v) is 8.32. The molecular weight excluding hydrogens is 480 g/mol. The highest BCUT2D eigenvalue weighted by molar-refractivity contribution is 5.95. The fourth-order valence-electron chi connectivity index (χ4n) is 3.78. The Bertz CT molecular complexity index is 1010. The van der Waals surface area contributed by atoms with Crippen molar-refractivity contribution >= 4 is 35.6 Å². The first-order valence-corrected chi connectivity index (χ1v) is 11.0. The molecule has 1 aliphatic heterocycles. The van der Waals surface area contributed by atoms with Gasteiger partial charge in [-0.25, -0.2) is 4.79 Å². The van der Waals surface area contributed by atoms with Crippen LogP contribution in [0.4, 0.5) is 0 Å². The normalized spacial score (nSPS) is 17.5. The zero-order valence-electron chi connectivity index (χ0n) is 19.1. The number of hydrogen-bond donors (Lipinski definition) is 7. The summed E-state index contributed by atoms with van der Waals surface area (Å²) in [5.74, 6) is -6.82. The maximum atomic E-state index is 13.1. The first kappa shape index (κ1) is 28.0. The Labute approximate surface area is 205 Å². The quantitative estimate of drug-likeness (QED) is 0.167. The molecule has 1 aliphatic rings. The number of benzene rings is 1. The fourth-order valence-corrected chi connectivity index (χ4v) is 3.78. The number of carboxylic acid groups (broad SMARTS) is 3. The van der Waals surface area contributed by atoms with Gasteiger partial charge in [0.1, 0.15) is 23.9 Å². The van der Waals surface area contributed by atoms with Gasteiger partial charge < -0.3 is 41.7 Å². The molecule has 1 fully saturated rings. The zero-order valence-corrected chi connectivity index (χ0v) is 19.1. The molecule has 1 aromatic carbocycles. The van der Waals surface area contributed by atoms with Gasteiger partial charge in [-0.2, -0.15) is 0 Å². The summed E-state index contributed by atoms with van der Waals surface area (Å²) in [7, 11) is 0. The van der Waals surface area contributed by atoms with Gasteiger partial charge >= 0.3 is 17.9 Å². The zero-order chi connectivity index (χ0) is 27.0. The third-order valence-corrected chi connectivity index (χ3v) is 5.55. The van der Waals surface area contributed by atoms with Crippen LogP contribution in [0.15, 0.2) is 24.3 Å². The van der Waals surface area contributed by atoms with Crippen LogP contribution in [0.25, 0.3) is 0 Å². The summed E-state index contributed by atoms with van der Waals surface area (Å²) in [5, 5.41) is 41.1. The second kappa shape index (κ2) is 12.5. The van der Waals surface area contributed by atoms with E-state index in [1.165, 1.54) is 24.3 Å². The molecule has 0 aliphatic carbocycles. The van der Waals surface area contributed by atoms with E-state index in [1.54, 1.807) is 0 Å². The average Bonchev–Trinajstić information content (AvgIpc) is 3.28. The van der Waals surface area contributed by atoms with Crippen LogP contribution in [0.5, 0.6) is 5.75 Å². The van der Waals surface area contributed by atoms with E-state index in [0.717, 1.165) is 4.90 Å². The van der Waals surface area contributed by atoms with Crippen molar-refractivity contribution in [3.05, 3.63) is 29.8 Å². The van der Waals surface area contributed by atoms with E-state index in [4.69, 9.17) is 15.9 Å². The van der Waals surface area contributed by atoms with Crippen molar-refractivity contribution in [2.75, 3.05) is 6.54 Å². The maximum absolute atomic E-state index is 13.1.